The van der Waals surface area contributed by atoms with Crippen molar-refractivity contribution in [1.29, 1.82) is 0 Å². The number of para-hydroxylation sites is 1. The number of halogens is 1. The lowest BCUT2D eigenvalue weighted by Gasteiger charge is -2.17. The molecular weight excluding hydrogens is 340 g/mol. The van der Waals surface area contributed by atoms with E-state index >= 15 is 0 Å². The smallest absolute Gasteiger partial charge is 0.238 e. The SMILES string of the molecule is CCc1ccccc1NC(=O)CN(C)Cc1ccc(Br)cc1. The lowest BCUT2D eigenvalue weighted by Crippen LogP contribution is -2.30. The second kappa shape index (κ2) is 8.11. The van der Waals surface area contributed by atoms with Crippen molar-refractivity contribution in [3.8, 4) is 0 Å². The highest BCUT2D eigenvalue weighted by Gasteiger charge is 2.09. The van der Waals surface area contributed by atoms with Gasteiger partial charge in [-0.25, -0.2) is 0 Å². The fourth-order valence-corrected chi connectivity index (χ4v) is 2.61. The molecule has 0 aliphatic heterocycles. The summed E-state index contributed by atoms with van der Waals surface area (Å²) in [4.78, 5) is 14.2. The van der Waals surface area contributed by atoms with Gasteiger partial charge >= 0.3 is 0 Å². The first-order valence-corrected chi connectivity index (χ1v) is 8.18. The van der Waals surface area contributed by atoms with Gasteiger partial charge in [0.15, 0.2) is 0 Å². The van der Waals surface area contributed by atoms with Crippen LogP contribution in [0.25, 0.3) is 0 Å². The number of likely N-dealkylation sites (N-methyl/N-ethyl adjacent to an activating group) is 1. The van der Waals surface area contributed by atoms with Crippen LogP contribution in [-0.2, 0) is 17.8 Å². The summed E-state index contributed by atoms with van der Waals surface area (Å²) in [7, 11) is 1.95. The number of hydrogen-bond donors (Lipinski definition) is 1. The Kier molecular flexibility index (Phi) is 6.16. The summed E-state index contributed by atoms with van der Waals surface area (Å²) in [5.74, 6) is 0.0144. The molecule has 0 atom stereocenters. The average molecular weight is 361 g/mol. The first-order valence-electron chi connectivity index (χ1n) is 7.39. The van der Waals surface area contributed by atoms with Crippen molar-refractivity contribution in [3.63, 3.8) is 0 Å². The standard InChI is InChI=1S/C18H21BrN2O/c1-3-15-6-4-5-7-17(15)20-18(22)13-21(2)12-14-8-10-16(19)11-9-14/h4-11H,3,12-13H2,1-2H3,(H,20,22). The van der Waals surface area contributed by atoms with Gasteiger partial charge in [-0.1, -0.05) is 53.2 Å². The molecule has 2 aromatic carbocycles. The molecule has 0 spiro atoms. The molecule has 4 heteroatoms. The van der Waals surface area contributed by atoms with Crippen LogP contribution < -0.4 is 5.32 Å². The summed E-state index contributed by atoms with van der Waals surface area (Å²) in [6.07, 6.45) is 0.908. The van der Waals surface area contributed by atoms with Gasteiger partial charge in [0, 0.05) is 16.7 Å². The van der Waals surface area contributed by atoms with Gasteiger partial charge < -0.3 is 5.32 Å². The highest BCUT2D eigenvalue weighted by molar-refractivity contribution is 9.10. The molecule has 0 radical (unpaired) electrons. The molecule has 0 bridgehead atoms. The zero-order valence-electron chi connectivity index (χ0n) is 13.0. The Hall–Kier alpha value is -1.65. The normalized spacial score (nSPS) is 10.7. The minimum atomic E-state index is 0.0144. The number of nitrogens with zero attached hydrogens (tertiary/aromatic N) is 1. The summed E-state index contributed by atoms with van der Waals surface area (Å²) in [5, 5.41) is 3.00. The molecule has 1 N–H and O–H groups in total. The monoisotopic (exact) mass is 360 g/mol. The first-order chi connectivity index (χ1) is 10.6. The van der Waals surface area contributed by atoms with E-state index in [0.717, 1.165) is 28.7 Å². The molecule has 2 aromatic rings. The summed E-state index contributed by atoms with van der Waals surface area (Å²) >= 11 is 3.42. The van der Waals surface area contributed by atoms with Crippen LogP contribution >= 0.6 is 15.9 Å². The second-order valence-corrected chi connectivity index (χ2v) is 6.27. The van der Waals surface area contributed by atoms with Crippen LogP contribution in [0, 0.1) is 0 Å². The predicted octanol–water partition coefficient (Wildman–Crippen LogP) is 4.08. The van der Waals surface area contributed by atoms with Crippen molar-refractivity contribution in [2.45, 2.75) is 19.9 Å². The molecule has 0 saturated heterocycles. The molecular formula is C18H21BrN2O. The van der Waals surface area contributed by atoms with E-state index in [1.165, 1.54) is 5.56 Å². The van der Waals surface area contributed by atoms with Crippen molar-refractivity contribution in [1.82, 2.24) is 4.90 Å². The van der Waals surface area contributed by atoms with Crippen LogP contribution in [0.1, 0.15) is 18.1 Å². The van der Waals surface area contributed by atoms with Crippen molar-refractivity contribution in [3.05, 3.63) is 64.1 Å². The van der Waals surface area contributed by atoms with Gasteiger partial charge in [0.05, 0.1) is 6.54 Å². The second-order valence-electron chi connectivity index (χ2n) is 5.36. The number of aryl methyl sites for hydroxylation is 1. The molecule has 22 heavy (non-hydrogen) atoms. The molecule has 2 rings (SSSR count). The lowest BCUT2D eigenvalue weighted by molar-refractivity contribution is -0.117. The maximum atomic E-state index is 12.2. The summed E-state index contributed by atoms with van der Waals surface area (Å²) in [5.41, 5.74) is 3.26. The zero-order valence-corrected chi connectivity index (χ0v) is 14.6. The Balaban J connectivity index is 1.89. The number of anilines is 1. The number of carbonyl (C=O) groups excluding carboxylic acids is 1. The number of hydrogen-bond acceptors (Lipinski definition) is 2. The third-order valence-corrected chi connectivity index (χ3v) is 3.98. The van der Waals surface area contributed by atoms with Gasteiger partial charge in [-0.15, -0.1) is 0 Å². The van der Waals surface area contributed by atoms with Gasteiger partial charge in [0.1, 0.15) is 0 Å². The van der Waals surface area contributed by atoms with Gasteiger partial charge in [-0.3, -0.25) is 9.69 Å². The maximum absolute atomic E-state index is 12.2. The van der Waals surface area contributed by atoms with Crippen LogP contribution in [-0.4, -0.2) is 24.4 Å². The molecule has 0 aliphatic carbocycles. The molecule has 0 heterocycles. The third kappa shape index (κ3) is 4.97. The number of rotatable bonds is 6. The van der Waals surface area contributed by atoms with E-state index < -0.39 is 0 Å². The lowest BCUT2D eigenvalue weighted by atomic mass is 10.1. The van der Waals surface area contributed by atoms with Crippen LogP contribution in [0.15, 0.2) is 53.0 Å². The number of benzene rings is 2. The summed E-state index contributed by atoms with van der Waals surface area (Å²) in [6.45, 7) is 3.20. The van der Waals surface area contributed by atoms with Crippen molar-refractivity contribution in [2.24, 2.45) is 0 Å². The number of nitrogens with one attached hydrogen (secondary N) is 1. The van der Waals surface area contributed by atoms with Gasteiger partial charge in [0.25, 0.3) is 0 Å². The molecule has 0 aromatic heterocycles. The van der Waals surface area contributed by atoms with E-state index in [2.05, 4.69) is 40.3 Å². The van der Waals surface area contributed by atoms with Gasteiger partial charge in [-0.2, -0.15) is 0 Å². The third-order valence-electron chi connectivity index (χ3n) is 3.45. The first kappa shape index (κ1) is 16.7. The molecule has 1 amide bonds. The molecule has 0 unspecified atom stereocenters. The molecule has 116 valence electrons. The van der Waals surface area contributed by atoms with Gasteiger partial charge in [-0.05, 0) is 42.8 Å². The molecule has 0 saturated carbocycles. The maximum Gasteiger partial charge on any atom is 0.238 e. The van der Waals surface area contributed by atoms with E-state index in [9.17, 15) is 4.79 Å². The van der Waals surface area contributed by atoms with Crippen molar-refractivity contribution < 1.29 is 4.79 Å². The Labute approximate surface area is 140 Å². The van der Waals surface area contributed by atoms with Gasteiger partial charge in [0.2, 0.25) is 5.91 Å². The largest absolute Gasteiger partial charge is 0.325 e. The highest BCUT2D eigenvalue weighted by Crippen LogP contribution is 2.15. The Morgan fingerprint density at radius 1 is 1.14 bits per heavy atom. The van der Waals surface area contributed by atoms with Crippen molar-refractivity contribution in [2.75, 3.05) is 18.9 Å². The Bertz CT molecular complexity index is 625. The minimum Gasteiger partial charge on any atom is -0.325 e. The highest BCUT2D eigenvalue weighted by atomic mass is 79.9. The topological polar surface area (TPSA) is 32.3 Å². The van der Waals surface area contributed by atoms with E-state index in [4.69, 9.17) is 0 Å². The predicted molar refractivity (Wildman–Crippen MR) is 94.9 cm³/mol. The molecule has 0 fully saturated rings. The number of amides is 1. The van der Waals surface area contributed by atoms with Crippen LogP contribution in [0.2, 0.25) is 0 Å². The Morgan fingerprint density at radius 2 is 1.82 bits per heavy atom. The van der Waals surface area contributed by atoms with E-state index in [-0.39, 0.29) is 5.91 Å². The molecule has 3 nitrogen and oxygen atoms in total. The fraction of sp³-hybridized carbons (Fsp3) is 0.278. The van der Waals surface area contributed by atoms with E-state index in [1.807, 2.05) is 48.3 Å². The minimum absolute atomic E-state index is 0.0144. The zero-order chi connectivity index (χ0) is 15.9. The fourth-order valence-electron chi connectivity index (χ4n) is 2.34. The van der Waals surface area contributed by atoms with Crippen LogP contribution in [0.5, 0.6) is 0 Å². The summed E-state index contributed by atoms with van der Waals surface area (Å²) in [6, 6.07) is 16.1. The molecule has 0 aliphatic rings. The van der Waals surface area contributed by atoms with Crippen molar-refractivity contribution >= 4 is 27.5 Å². The average Bonchev–Trinajstić information content (AvgIpc) is 2.50. The Morgan fingerprint density at radius 3 is 2.50 bits per heavy atom. The summed E-state index contributed by atoms with van der Waals surface area (Å²) < 4.78 is 1.06. The van der Waals surface area contributed by atoms with E-state index in [0.29, 0.717) is 6.54 Å². The number of carbonyl (C=O) groups is 1. The van der Waals surface area contributed by atoms with Crippen LogP contribution in [0.3, 0.4) is 0 Å². The van der Waals surface area contributed by atoms with Crippen LogP contribution in [0.4, 0.5) is 5.69 Å². The quantitative estimate of drug-likeness (QED) is 0.841. The van der Waals surface area contributed by atoms with E-state index in [1.54, 1.807) is 0 Å².